The standard InChI is InChI=1S/C57H45NO/c1-3-39-37-53(50-19-12-20-55-57(50)51-36-49(32-34-54(51)59-55)48-31-28-41-15-10-11-18-47(41)35-48)58-52(45-16-8-5-9-17-45)33-21-38(2)56(39)46-29-26-44(27-30-46)43-24-22-42(23-25-43)40-13-6-4-7-14-40/h4-20,22-32,34-37,39H,3,21,33H2,1-2H3/b53-37-,56-38?,58-52?. The van der Waals surface area contributed by atoms with E-state index >= 15 is 0 Å². The van der Waals surface area contributed by atoms with Crippen molar-refractivity contribution >= 4 is 49.7 Å². The molecule has 1 aromatic heterocycles. The summed E-state index contributed by atoms with van der Waals surface area (Å²) in [6.45, 7) is 4.63. The van der Waals surface area contributed by atoms with Crippen LogP contribution >= 0.6 is 0 Å². The number of rotatable bonds is 7. The first-order chi connectivity index (χ1) is 29.1. The van der Waals surface area contributed by atoms with Crippen LogP contribution in [0.4, 0.5) is 0 Å². The SMILES string of the molecule is CCC1/C=C(/c2cccc3oc4ccc(-c5ccc6ccccc6c5)cc4c23)N=C(c2ccccc2)CCC(C)=C1c1ccc(-c2ccc(-c3ccccc3)cc2)cc1. The molecule has 0 amide bonds. The first-order valence-electron chi connectivity index (χ1n) is 20.9. The third-order valence-electron chi connectivity index (χ3n) is 12.1. The lowest BCUT2D eigenvalue weighted by Crippen LogP contribution is -2.04. The van der Waals surface area contributed by atoms with Crippen molar-refractivity contribution in [2.24, 2.45) is 10.9 Å². The predicted molar refractivity (Wildman–Crippen MR) is 251 cm³/mol. The Morgan fingerprint density at radius 2 is 1.07 bits per heavy atom. The Kier molecular flexibility index (Phi) is 9.68. The minimum atomic E-state index is 0.154. The summed E-state index contributed by atoms with van der Waals surface area (Å²) < 4.78 is 6.59. The van der Waals surface area contributed by atoms with Gasteiger partial charge >= 0.3 is 0 Å². The molecule has 0 aliphatic carbocycles. The molecule has 10 rings (SSSR count). The van der Waals surface area contributed by atoms with Gasteiger partial charge in [-0.3, -0.25) is 4.99 Å². The van der Waals surface area contributed by atoms with Gasteiger partial charge in [-0.25, -0.2) is 0 Å². The second kappa shape index (κ2) is 15.7. The second-order valence-corrected chi connectivity index (χ2v) is 15.8. The van der Waals surface area contributed by atoms with Gasteiger partial charge in [-0.2, -0.15) is 0 Å². The molecule has 1 aliphatic rings. The van der Waals surface area contributed by atoms with Crippen molar-refractivity contribution in [3.05, 3.63) is 216 Å². The summed E-state index contributed by atoms with van der Waals surface area (Å²) in [5, 5.41) is 4.68. The monoisotopic (exact) mass is 759 g/mol. The normalized spacial score (nSPS) is 15.7. The molecule has 1 unspecified atom stereocenters. The Labute approximate surface area is 346 Å². The highest BCUT2D eigenvalue weighted by Gasteiger charge is 2.22. The van der Waals surface area contributed by atoms with Gasteiger partial charge in [0.15, 0.2) is 0 Å². The number of furan rings is 1. The highest BCUT2D eigenvalue weighted by Crippen LogP contribution is 2.41. The number of allylic oxidation sites excluding steroid dienone is 3. The number of aliphatic imine (C=N–C) groups is 1. The summed E-state index contributed by atoms with van der Waals surface area (Å²) in [5.41, 5.74) is 17.4. The molecule has 59 heavy (non-hydrogen) atoms. The van der Waals surface area contributed by atoms with Crippen LogP contribution in [0.3, 0.4) is 0 Å². The maximum atomic E-state index is 6.59. The molecule has 2 nitrogen and oxygen atoms in total. The smallest absolute Gasteiger partial charge is 0.136 e. The van der Waals surface area contributed by atoms with Crippen molar-refractivity contribution in [3.8, 4) is 33.4 Å². The van der Waals surface area contributed by atoms with Gasteiger partial charge in [0.1, 0.15) is 11.2 Å². The Hall–Kier alpha value is -7.03. The number of fused-ring (bicyclic) bond motifs is 4. The van der Waals surface area contributed by atoms with Crippen LogP contribution in [0.15, 0.2) is 209 Å². The van der Waals surface area contributed by atoms with Crippen molar-refractivity contribution in [2.75, 3.05) is 0 Å². The lowest BCUT2D eigenvalue weighted by Gasteiger charge is -2.21. The zero-order chi connectivity index (χ0) is 39.7. The molecule has 0 radical (unpaired) electrons. The van der Waals surface area contributed by atoms with Crippen LogP contribution in [0.5, 0.6) is 0 Å². The van der Waals surface area contributed by atoms with Gasteiger partial charge in [-0.05, 0) is 111 Å². The molecule has 2 heterocycles. The lowest BCUT2D eigenvalue weighted by atomic mass is 9.84. The average Bonchev–Trinajstić information content (AvgIpc) is 3.71. The van der Waals surface area contributed by atoms with E-state index in [4.69, 9.17) is 9.41 Å². The van der Waals surface area contributed by atoms with Crippen LogP contribution in [0.25, 0.3) is 77.4 Å². The Morgan fingerprint density at radius 3 is 1.76 bits per heavy atom. The summed E-state index contributed by atoms with van der Waals surface area (Å²) in [6, 6.07) is 67.7. The average molecular weight is 760 g/mol. The quantitative estimate of drug-likeness (QED) is 0.159. The Bertz CT molecular complexity index is 3050. The highest BCUT2D eigenvalue weighted by molar-refractivity contribution is 6.13. The highest BCUT2D eigenvalue weighted by atomic mass is 16.3. The molecule has 8 aromatic carbocycles. The van der Waals surface area contributed by atoms with Crippen molar-refractivity contribution in [1.82, 2.24) is 0 Å². The molecule has 2 heteroatoms. The second-order valence-electron chi connectivity index (χ2n) is 15.8. The zero-order valence-electron chi connectivity index (χ0n) is 33.5. The number of hydrogen-bond donors (Lipinski definition) is 0. The molecule has 0 saturated heterocycles. The van der Waals surface area contributed by atoms with Gasteiger partial charge in [-0.1, -0.05) is 182 Å². The van der Waals surface area contributed by atoms with Crippen LogP contribution in [0, 0.1) is 5.92 Å². The summed E-state index contributed by atoms with van der Waals surface area (Å²) in [6.07, 6.45) is 5.15. The molecule has 1 aliphatic heterocycles. The molecule has 1 atom stereocenters. The van der Waals surface area contributed by atoms with Gasteiger partial charge < -0.3 is 4.42 Å². The van der Waals surface area contributed by atoms with E-state index in [0.29, 0.717) is 0 Å². The van der Waals surface area contributed by atoms with E-state index in [9.17, 15) is 0 Å². The number of hydrogen-bond acceptors (Lipinski definition) is 2. The minimum Gasteiger partial charge on any atom is -0.456 e. The summed E-state index contributed by atoms with van der Waals surface area (Å²) in [4.78, 5) is 5.64. The predicted octanol–water partition coefficient (Wildman–Crippen LogP) is 15.9. The van der Waals surface area contributed by atoms with Gasteiger partial charge in [0.05, 0.1) is 5.70 Å². The van der Waals surface area contributed by atoms with E-state index in [1.807, 2.05) is 0 Å². The Morgan fingerprint density at radius 1 is 0.492 bits per heavy atom. The first-order valence-corrected chi connectivity index (χ1v) is 20.9. The van der Waals surface area contributed by atoms with E-state index < -0.39 is 0 Å². The van der Waals surface area contributed by atoms with Crippen molar-refractivity contribution in [3.63, 3.8) is 0 Å². The van der Waals surface area contributed by atoms with Crippen LogP contribution in [-0.4, -0.2) is 5.71 Å². The van der Waals surface area contributed by atoms with E-state index in [-0.39, 0.29) is 5.92 Å². The molecular weight excluding hydrogens is 715 g/mol. The van der Waals surface area contributed by atoms with Crippen molar-refractivity contribution < 1.29 is 4.42 Å². The van der Waals surface area contributed by atoms with Crippen LogP contribution in [0.1, 0.15) is 49.8 Å². The molecular formula is C57H45NO. The largest absolute Gasteiger partial charge is 0.456 e. The molecule has 0 bridgehead atoms. The topological polar surface area (TPSA) is 25.5 Å². The fraction of sp³-hybridized carbons (Fsp3) is 0.105. The van der Waals surface area contributed by atoms with Crippen molar-refractivity contribution in [1.29, 1.82) is 0 Å². The summed E-state index contributed by atoms with van der Waals surface area (Å²) in [5.74, 6) is 0.154. The van der Waals surface area contributed by atoms with E-state index in [0.717, 1.165) is 63.7 Å². The minimum absolute atomic E-state index is 0.154. The fourth-order valence-electron chi connectivity index (χ4n) is 8.96. The lowest BCUT2D eigenvalue weighted by molar-refractivity contribution is 0.669. The van der Waals surface area contributed by atoms with Gasteiger partial charge in [-0.15, -0.1) is 0 Å². The number of nitrogens with zero attached hydrogens (tertiary/aromatic N) is 1. The third-order valence-corrected chi connectivity index (χ3v) is 12.1. The third kappa shape index (κ3) is 7.13. The van der Waals surface area contributed by atoms with E-state index in [1.165, 1.54) is 60.9 Å². The molecule has 0 fully saturated rings. The van der Waals surface area contributed by atoms with E-state index in [2.05, 4.69) is 208 Å². The summed E-state index contributed by atoms with van der Waals surface area (Å²) >= 11 is 0. The van der Waals surface area contributed by atoms with Crippen LogP contribution in [-0.2, 0) is 0 Å². The first kappa shape index (κ1) is 36.3. The van der Waals surface area contributed by atoms with Crippen LogP contribution in [0.2, 0.25) is 0 Å². The van der Waals surface area contributed by atoms with E-state index in [1.54, 1.807) is 0 Å². The molecule has 0 N–H and O–H groups in total. The van der Waals surface area contributed by atoms with Gasteiger partial charge in [0.25, 0.3) is 0 Å². The summed E-state index contributed by atoms with van der Waals surface area (Å²) in [7, 11) is 0. The molecule has 9 aromatic rings. The zero-order valence-corrected chi connectivity index (χ0v) is 33.5. The van der Waals surface area contributed by atoms with Gasteiger partial charge in [0, 0.05) is 28.0 Å². The van der Waals surface area contributed by atoms with Crippen molar-refractivity contribution in [2.45, 2.75) is 33.1 Å². The fourth-order valence-corrected chi connectivity index (χ4v) is 8.96. The number of benzene rings is 8. The van der Waals surface area contributed by atoms with Gasteiger partial charge in [0.2, 0.25) is 0 Å². The maximum Gasteiger partial charge on any atom is 0.136 e. The molecule has 0 spiro atoms. The Balaban J connectivity index is 1.08. The molecule has 284 valence electrons. The van der Waals surface area contributed by atoms with Crippen LogP contribution < -0.4 is 0 Å². The maximum absolute atomic E-state index is 6.59. The molecule has 0 saturated carbocycles.